The predicted octanol–water partition coefficient (Wildman–Crippen LogP) is 4.62. The van der Waals surface area contributed by atoms with Gasteiger partial charge in [0.15, 0.2) is 5.96 Å². The highest BCUT2D eigenvalue weighted by atomic mass is 127. The largest absolute Gasteiger partial charge is 0.496 e. The maximum absolute atomic E-state index is 11.7. The second kappa shape index (κ2) is 13.8. The molecule has 0 atom stereocenters. The van der Waals surface area contributed by atoms with Crippen LogP contribution >= 0.6 is 24.0 Å². The van der Waals surface area contributed by atoms with Gasteiger partial charge in [-0.1, -0.05) is 31.2 Å². The summed E-state index contributed by atoms with van der Waals surface area (Å²) < 4.78 is 5.47. The number of guanidine groups is 1. The number of benzene rings is 2. The topological polar surface area (TPSA) is 74.8 Å². The third-order valence-corrected chi connectivity index (χ3v) is 4.37. The van der Waals surface area contributed by atoms with Gasteiger partial charge >= 0.3 is 0 Å². The second-order valence-electron chi connectivity index (χ2n) is 6.86. The molecule has 0 aliphatic rings. The summed E-state index contributed by atoms with van der Waals surface area (Å²) in [5.41, 5.74) is 4.13. The molecule has 0 saturated heterocycles. The number of aliphatic imine (C=N–C) groups is 1. The fourth-order valence-electron chi connectivity index (χ4n) is 2.83. The third-order valence-electron chi connectivity index (χ3n) is 4.37. The van der Waals surface area contributed by atoms with Crippen molar-refractivity contribution in [2.45, 2.75) is 46.7 Å². The van der Waals surface area contributed by atoms with E-state index in [1.54, 1.807) is 7.11 Å². The molecule has 0 radical (unpaired) electrons. The van der Waals surface area contributed by atoms with Crippen LogP contribution in [0.4, 0.5) is 5.69 Å². The Labute approximate surface area is 196 Å². The van der Waals surface area contributed by atoms with Gasteiger partial charge in [-0.05, 0) is 49.6 Å². The van der Waals surface area contributed by atoms with E-state index in [9.17, 15) is 4.79 Å². The standard InChI is InChI=1S/C23H32N4O2.HI/c1-5-7-22(28)27-20-12-9-18(10-13-20)15-25-23(24-6-2)26-16-19-11-8-17(3)14-21(19)29-4;/h8-14H,5-7,15-16H2,1-4H3,(H,27,28)(H2,24,25,26);1H. The molecule has 0 unspecified atom stereocenters. The molecule has 0 bridgehead atoms. The molecule has 164 valence electrons. The molecule has 2 rings (SSSR count). The molecule has 0 aliphatic carbocycles. The molecule has 7 heteroatoms. The third kappa shape index (κ3) is 8.61. The van der Waals surface area contributed by atoms with Crippen LogP contribution in [0.15, 0.2) is 47.5 Å². The van der Waals surface area contributed by atoms with Gasteiger partial charge < -0.3 is 20.7 Å². The van der Waals surface area contributed by atoms with Gasteiger partial charge in [-0.15, -0.1) is 24.0 Å². The van der Waals surface area contributed by atoms with Gasteiger partial charge in [-0.3, -0.25) is 4.79 Å². The van der Waals surface area contributed by atoms with Crippen LogP contribution in [0, 0.1) is 6.92 Å². The number of halogens is 1. The molecule has 2 aromatic carbocycles. The van der Waals surface area contributed by atoms with Crippen LogP contribution in [0.3, 0.4) is 0 Å². The zero-order valence-corrected chi connectivity index (χ0v) is 20.6. The van der Waals surface area contributed by atoms with Crippen LogP contribution in [0.5, 0.6) is 5.75 Å². The lowest BCUT2D eigenvalue weighted by Crippen LogP contribution is -2.36. The Kier molecular flexibility index (Phi) is 11.9. The van der Waals surface area contributed by atoms with Crippen molar-refractivity contribution in [2.24, 2.45) is 4.99 Å². The normalized spacial score (nSPS) is 10.7. The lowest BCUT2D eigenvalue weighted by Gasteiger charge is -2.14. The monoisotopic (exact) mass is 524 g/mol. The zero-order chi connectivity index (χ0) is 21.1. The summed E-state index contributed by atoms with van der Waals surface area (Å²) in [6.45, 7) is 8.02. The Morgan fingerprint density at radius 3 is 2.43 bits per heavy atom. The van der Waals surface area contributed by atoms with Gasteiger partial charge in [0.25, 0.3) is 0 Å². The number of aryl methyl sites for hydroxylation is 1. The minimum Gasteiger partial charge on any atom is -0.496 e. The zero-order valence-electron chi connectivity index (χ0n) is 18.2. The van der Waals surface area contributed by atoms with E-state index < -0.39 is 0 Å². The molecular formula is C23H33IN4O2. The van der Waals surface area contributed by atoms with Crippen LogP contribution in [-0.2, 0) is 17.9 Å². The van der Waals surface area contributed by atoms with Gasteiger partial charge in [-0.25, -0.2) is 4.99 Å². The number of nitrogens with one attached hydrogen (secondary N) is 3. The number of nitrogens with zero attached hydrogens (tertiary/aromatic N) is 1. The van der Waals surface area contributed by atoms with E-state index in [2.05, 4.69) is 33.1 Å². The van der Waals surface area contributed by atoms with Gasteiger partial charge in [0.05, 0.1) is 13.7 Å². The van der Waals surface area contributed by atoms with Crippen LogP contribution in [0.2, 0.25) is 0 Å². The van der Waals surface area contributed by atoms with E-state index in [-0.39, 0.29) is 29.9 Å². The summed E-state index contributed by atoms with van der Waals surface area (Å²) >= 11 is 0. The molecule has 0 aromatic heterocycles. The first-order valence-corrected chi connectivity index (χ1v) is 10.1. The molecular weight excluding hydrogens is 491 g/mol. The fourth-order valence-corrected chi connectivity index (χ4v) is 2.83. The molecule has 6 nitrogen and oxygen atoms in total. The maximum atomic E-state index is 11.7. The van der Waals surface area contributed by atoms with Crippen molar-refractivity contribution in [3.8, 4) is 5.75 Å². The number of hydrogen-bond acceptors (Lipinski definition) is 3. The lowest BCUT2D eigenvalue weighted by atomic mass is 10.1. The number of rotatable bonds is 9. The first-order chi connectivity index (χ1) is 14.0. The Morgan fingerprint density at radius 2 is 1.80 bits per heavy atom. The summed E-state index contributed by atoms with van der Waals surface area (Å²) in [6, 6.07) is 14.0. The molecule has 0 spiro atoms. The van der Waals surface area contributed by atoms with Crippen molar-refractivity contribution < 1.29 is 9.53 Å². The first kappa shape index (κ1) is 25.7. The van der Waals surface area contributed by atoms with E-state index in [1.807, 2.05) is 51.1 Å². The minimum atomic E-state index is 0. The van der Waals surface area contributed by atoms with E-state index in [0.717, 1.165) is 41.5 Å². The number of ether oxygens (including phenoxy) is 1. The summed E-state index contributed by atoms with van der Waals surface area (Å²) in [4.78, 5) is 16.3. The Balaban J connectivity index is 0.00000450. The Hall–Kier alpha value is -2.29. The quantitative estimate of drug-likeness (QED) is 0.255. The minimum absolute atomic E-state index is 0. The van der Waals surface area contributed by atoms with Crippen molar-refractivity contribution in [1.29, 1.82) is 0 Å². The molecule has 0 heterocycles. The van der Waals surface area contributed by atoms with Gasteiger partial charge in [0.2, 0.25) is 5.91 Å². The number of methoxy groups -OCH3 is 1. The highest BCUT2D eigenvalue weighted by Gasteiger charge is 2.05. The predicted molar refractivity (Wildman–Crippen MR) is 135 cm³/mol. The van der Waals surface area contributed by atoms with Crippen LogP contribution < -0.4 is 20.7 Å². The number of hydrogen-bond donors (Lipinski definition) is 3. The smallest absolute Gasteiger partial charge is 0.224 e. The summed E-state index contributed by atoms with van der Waals surface area (Å²) in [6.07, 6.45) is 1.38. The molecule has 3 N–H and O–H groups in total. The van der Waals surface area contributed by atoms with Gasteiger partial charge in [-0.2, -0.15) is 0 Å². The van der Waals surface area contributed by atoms with E-state index >= 15 is 0 Å². The first-order valence-electron chi connectivity index (χ1n) is 10.1. The summed E-state index contributed by atoms with van der Waals surface area (Å²) in [7, 11) is 1.69. The molecule has 0 saturated carbocycles. The van der Waals surface area contributed by atoms with E-state index in [4.69, 9.17) is 4.74 Å². The highest BCUT2D eigenvalue weighted by molar-refractivity contribution is 14.0. The van der Waals surface area contributed by atoms with Crippen LogP contribution in [0.1, 0.15) is 43.4 Å². The number of amides is 1. The van der Waals surface area contributed by atoms with Crippen molar-refractivity contribution in [2.75, 3.05) is 19.0 Å². The average Bonchev–Trinajstić information content (AvgIpc) is 2.72. The molecule has 0 aliphatic heterocycles. The number of anilines is 1. The van der Waals surface area contributed by atoms with E-state index in [1.165, 1.54) is 5.56 Å². The Bertz CT molecular complexity index is 822. The van der Waals surface area contributed by atoms with Crippen LogP contribution in [0.25, 0.3) is 0 Å². The lowest BCUT2D eigenvalue weighted by molar-refractivity contribution is -0.116. The maximum Gasteiger partial charge on any atom is 0.224 e. The van der Waals surface area contributed by atoms with Gasteiger partial charge in [0, 0.05) is 30.8 Å². The van der Waals surface area contributed by atoms with E-state index in [0.29, 0.717) is 19.5 Å². The Morgan fingerprint density at radius 1 is 1.07 bits per heavy atom. The number of carbonyl (C=O) groups excluding carboxylic acids is 1. The van der Waals surface area contributed by atoms with Crippen molar-refractivity contribution in [3.05, 3.63) is 59.2 Å². The van der Waals surface area contributed by atoms with Crippen molar-refractivity contribution in [1.82, 2.24) is 10.6 Å². The fraction of sp³-hybridized carbons (Fsp3) is 0.391. The molecule has 1 amide bonds. The molecule has 0 fully saturated rings. The number of carbonyl (C=O) groups is 1. The van der Waals surface area contributed by atoms with Crippen molar-refractivity contribution >= 4 is 41.5 Å². The highest BCUT2D eigenvalue weighted by Crippen LogP contribution is 2.19. The summed E-state index contributed by atoms with van der Waals surface area (Å²) in [5, 5.41) is 9.52. The van der Waals surface area contributed by atoms with Crippen LogP contribution in [-0.4, -0.2) is 25.5 Å². The molecule has 30 heavy (non-hydrogen) atoms. The SMILES string of the molecule is CCCC(=O)Nc1ccc(CN=C(NCC)NCc2ccc(C)cc2OC)cc1.I. The summed E-state index contributed by atoms with van der Waals surface area (Å²) in [5.74, 6) is 1.66. The van der Waals surface area contributed by atoms with Crippen molar-refractivity contribution in [3.63, 3.8) is 0 Å². The average molecular weight is 524 g/mol. The van der Waals surface area contributed by atoms with Gasteiger partial charge in [0.1, 0.15) is 5.75 Å². The second-order valence-corrected chi connectivity index (χ2v) is 6.86. The molecule has 2 aromatic rings.